The second-order valence-corrected chi connectivity index (χ2v) is 3.86. The molecule has 0 atom stereocenters. The Balaban J connectivity index is 2.62. The molecule has 94 valence electrons. The summed E-state index contributed by atoms with van der Waals surface area (Å²) in [6.45, 7) is 5.79. The summed E-state index contributed by atoms with van der Waals surface area (Å²) in [7, 11) is 1.87. The number of anilines is 2. The van der Waals surface area contributed by atoms with E-state index in [4.69, 9.17) is 5.73 Å². The van der Waals surface area contributed by atoms with Crippen molar-refractivity contribution in [2.24, 2.45) is 0 Å². The Bertz CT molecular complexity index is 359. The van der Waals surface area contributed by atoms with Crippen LogP contribution in [0.25, 0.3) is 0 Å². The minimum absolute atomic E-state index is 0.120. The van der Waals surface area contributed by atoms with Crippen molar-refractivity contribution < 1.29 is 4.79 Å². The maximum absolute atomic E-state index is 11.9. The Labute approximate surface area is 102 Å². The molecule has 0 saturated carbocycles. The minimum atomic E-state index is 0.120. The second-order valence-electron chi connectivity index (χ2n) is 3.86. The molecule has 1 rings (SSSR count). The van der Waals surface area contributed by atoms with Crippen LogP contribution < -0.4 is 10.6 Å². The zero-order chi connectivity index (χ0) is 12.8. The first-order valence-corrected chi connectivity index (χ1v) is 5.78. The average molecular weight is 236 g/mol. The zero-order valence-electron chi connectivity index (χ0n) is 10.7. The fourth-order valence-corrected chi connectivity index (χ4v) is 1.59. The predicted octanol–water partition coefficient (Wildman–Crippen LogP) is 0.968. The number of nitrogens with two attached hydrogens (primary N) is 1. The Morgan fingerprint density at radius 3 is 2.47 bits per heavy atom. The SMILES string of the molecule is CCN(CC)C(=O)CN(C)c1ccc(N)nc1. The van der Waals surface area contributed by atoms with Crippen molar-refractivity contribution in [3.63, 3.8) is 0 Å². The number of likely N-dealkylation sites (N-methyl/N-ethyl adjacent to an activating group) is 2. The van der Waals surface area contributed by atoms with E-state index in [-0.39, 0.29) is 5.91 Å². The summed E-state index contributed by atoms with van der Waals surface area (Å²) in [6, 6.07) is 3.59. The first-order valence-electron chi connectivity index (χ1n) is 5.78. The van der Waals surface area contributed by atoms with E-state index < -0.39 is 0 Å². The van der Waals surface area contributed by atoms with Crippen LogP contribution in [0.5, 0.6) is 0 Å². The maximum atomic E-state index is 11.9. The highest BCUT2D eigenvalue weighted by molar-refractivity contribution is 5.81. The summed E-state index contributed by atoms with van der Waals surface area (Å²) in [5.41, 5.74) is 6.40. The van der Waals surface area contributed by atoms with Gasteiger partial charge in [-0.25, -0.2) is 4.98 Å². The van der Waals surface area contributed by atoms with E-state index in [1.54, 1.807) is 17.2 Å². The lowest BCUT2D eigenvalue weighted by atomic mass is 10.3. The average Bonchev–Trinajstić information content (AvgIpc) is 2.31. The molecule has 0 aliphatic heterocycles. The van der Waals surface area contributed by atoms with Crippen LogP contribution in [0.2, 0.25) is 0 Å². The number of rotatable bonds is 5. The van der Waals surface area contributed by atoms with E-state index in [1.807, 2.05) is 31.9 Å². The molecule has 2 N–H and O–H groups in total. The van der Waals surface area contributed by atoms with Crippen LogP contribution in [0, 0.1) is 0 Å². The fraction of sp³-hybridized carbons (Fsp3) is 0.500. The topological polar surface area (TPSA) is 62.5 Å². The quantitative estimate of drug-likeness (QED) is 0.827. The van der Waals surface area contributed by atoms with Gasteiger partial charge in [0.05, 0.1) is 18.4 Å². The predicted molar refractivity (Wildman–Crippen MR) is 69.8 cm³/mol. The van der Waals surface area contributed by atoms with Crippen LogP contribution in [0.4, 0.5) is 11.5 Å². The maximum Gasteiger partial charge on any atom is 0.242 e. The van der Waals surface area contributed by atoms with Crippen molar-refractivity contribution in [3.05, 3.63) is 18.3 Å². The number of carbonyl (C=O) groups is 1. The summed E-state index contributed by atoms with van der Waals surface area (Å²) in [5.74, 6) is 0.603. The number of nitrogens with zero attached hydrogens (tertiary/aromatic N) is 3. The third-order valence-corrected chi connectivity index (χ3v) is 2.70. The first kappa shape index (κ1) is 13.3. The Morgan fingerprint density at radius 2 is 2.00 bits per heavy atom. The van der Waals surface area contributed by atoms with Crippen LogP contribution in [0.3, 0.4) is 0 Å². The van der Waals surface area contributed by atoms with Gasteiger partial charge in [-0.1, -0.05) is 0 Å². The Hall–Kier alpha value is -1.78. The smallest absolute Gasteiger partial charge is 0.242 e. The van der Waals surface area contributed by atoms with Gasteiger partial charge in [0.2, 0.25) is 5.91 Å². The number of aromatic nitrogens is 1. The molecule has 0 unspecified atom stereocenters. The number of hydrogen-bond acceptors (Lipinski definition) is 4. The molecule has 0 bridgehead atoms. The highest BCUT2D eigenvalue weighted by Crippen LogP contribution is 2.11. The second kappa shape index (κ2) is 6.08. The largest absolute Gasteiger partial charge is 0.384 e. The van der Waals surface area contributed by atoms with Gasteiger partial charge in [0.1, 0.15) is 5.82 Å². The minimum Gasteiger partial charge on any atom is -0.384 e. The van der Waals surface area contributed by atoms with Crippen LogP contribution in [-0.4, -0.2) is 42.5 Å². The van der Waals surface area contributed by atoms with E-state index in [9.17, 15) is 4.79 Å². The zero-order valence-corrected chi connectivity index (χ0v) is 10.7. The molecular formula is C12H20N4O. The van der Waals surface area contributed by atoms with E-state index in [0.29, 0.717) is 12.4 Å². The number of pyridine rings is 1. The van der Waals surface area contributed by atoms with Gasteiger partial charge in [-0.05, 0) is 26.0 Å². The summed E-state index contributed by atoms with van der Waals surface area (Å²) in [4.78, 5) is 19.6. The molecule has 0 aromatic carbocycles. The van der Waals surface area contributed by atoms with Gasteiger partial charge in [-0.2, -0.15) is 0 Å². The van der Waals surface area contributed by atoms with Crippen LogP contribution in [0.15, 0.2) is 18.3 Å². The van der Waals surface area contributed by atoms with Gasteiger partial charge in [-0.3, -0.25) is 4.79 Å². The molecule has 0 aliphatic carbocycles. The molecule has 0 fully saturated rings. The number of nitrogen functional groups attached to an aromatic ring is 1. The van der Waals surface area contributed by atoms with Crippen LogP contribution >= 0.6 is 0 Å². The molecule has 0 aliphatic rings. The molecule has 0 radical (unpaired) electrons. The van der Waals surface area contributed by atoms with Crippen LogP contribution in [-0.2, 0) is 4.79 Å². The first-order chi connectivity index (χ1) is 8.08. The summed E-state index contributed by atoms with van der Waals surface area (Å²) < 4.78 is 0. The lowest BCUT2D eigenvalue weighted by Crippen LogP contribution is -2.38. The van der Waals surface area contributed by atoms with Gasteiger partial charge >= 0.3 is 0 Å². The van der Waals surface area contributed by atoms with Crippen molar-refractivity contribution in [2.75, 3.05) is 37.3 Å². The molecule has 5 nitrogen and oxygen atoms in total. The molecular weight excluding hydrogens is 216 g/mol. The monoisotopic (exact) mass is 236 g/mol. The third kappa shape index (κ3) is 3.62. The van der Waals surface area contributed by atoms with E-state index >= 15 is 0 Å². The Kier molecular flexibility index (Phi) is 4.75. The standard InChI is InChI=1S/C12H20N4O/c1-4-16(5-2)12(17)9-15(3)10-6-7-11(13)14-8-10/h6-8H,4-5,9H2,1-3H3,(H2,13,14). The third-order valence-electron chi connectivity index (χ3n) is 2.70. The fourth-order valence-electron chi connectivity index (χ4n) is 1.59. The molecule has 1 aromatic rings. The molecule has 17 heavy (non-hydrogen) atoms. The lowest BCUT2D eigenvalue weighted by molar-refractivity contribution is -0.129. The molecule has 1 amide bonds. The summed E-state index contributed by atoms with van der Waals surface area (Å²) >= 11 is 0. The number of amides is 1. The highest BCUT2D eigenvalue weighted by atomic mass is 16.2. The molecule has 0 spiro atoms. The molecule has 0 saturated heterocycles. The van der Waals surface area contributed by atoms with Gasteiger partial charge in [0, 0.05) is 20.1 Å². The van der Waals surface area contributed by atoms with Crippen LogP contribution in [0.1, 0.15) is 13.8 Å². The Morgan fingerprint density at radius 1 is 1.35 bits per heavy atom. The summed E-state index contributed by atoms with van der Waals surface area (Å²) in [6.07, 6.45) is 1.67. The van der Waals surface area contributed by atoms with Gasteiger partial charge in [0.25, 0.3) is 0 Å². The molecule has 1 heterocycles. The number of hydrogen-bond donors (Lipinski definition) is 1. The lowest BCUT2D eigenvalue weighted by Gasteiger charge is -2.24. The van der Waals surface area contributed by atoms with E-state index in [0.717, 1.165) is 18.8 Å². The van der Waals surface area contributed by atoms with E-state index in [2.05, 4.69) is 4.98 Å². The van der Waals surface area contributed by atoms with Crippen molar-refractivity contribution in [3.8, 4) is 0 Å². The molecule has 1 aromatic heterocycles. The van der Waals surface area contributed by atoms with Crippen molar-refractivity contribution in [1.29, 1.82) is 0 Å². The number of carbonyl (C=O) groups excluding carboxylic acids is 1. The van der Waals surface area contributed by atoms with Gasteiger partial charge < -0.3 is 15.5 Å². The van der Waals surface area contributed by atoms with Crippen molar-refractivity contribution in [2.45, 2.75) is 13.8 Å². The highest BCUT2D eigenvalue weighted by Gasteiger charge is 2.12. The van der Waals surface area contributed by atoms with Gasteiger partial charge in [-0.15, -0.1) is 0 Å². The summed E-state index contributed by atoms with van der Waals surface area (Å²) in [5, 5.41) is 0. The van der Waals surface area contributed by atoms with Crippen molar-refractivity contribution in [1.82, 2.24) is 9.88 Å². The molecule has 5 heteroatoms. The van der Waals surface area contributed by atoms with E-state index in [1.165, 1.54) is 0 Å². The van der Waals surface area contributed by atoms with Crippen molar-refractivity contribution >= 4 is 17.4 Å². The van der Waals surface area contributed by atoms with Gasteiger partial charge in [0.15, 0.2) is 0 Å². The normalized spacial score (nSPS) is 10.1.